The van der Waals surface area contributed by atoms with Crippen LogP contribution in [0.3, 0.4) is 0 Å². The van der Waals surface area contributed by atoms with Gasteiger partial charge in [-0.05, 0) is 25.0 Å². The molecule has 1 aromatic carbocycles. The van der Waals surface area contributed by atoms with Crippen LogP contribution in [0.4, 0.5) is 0 Å². The maximum Gasteiger partial charge on any atom is 0.317 e. The largest absolute Gasteiger partial charge is 0.496 e. The Balaban J connectivity index is 0.000000322. The molecule has 124 valence electrons. The summed E-state index contributed by atoms with van der Waals surface area (Å²) in [5.41, 5.74) is 10.8. The van der Waals surface area contributed by atoms with Crippen molar-refractivity contribution in [2.75, 3.05) is 13.7 Å². The molecule has 0 spiro atoms. The summed E-state index contributed by atoms with van der Waals surface area (Å²) in [4.78, 5) is 19.5. The van der Waals surface area contributed by atoms with E-state index in [4.69, 9.17) is 15.6 Å². The van der Waals surface area contributed by atoms with Gasteiger partial charge in [-0.3, -0.25) is 9.59 Å². The fourth-order valence-corrected chi connectivity index (χ4v) is 1.90. The Kier molecular flexibility index (Phi) is 11.7. The Morgan fingerprint density at radius 2 is 1.86 bits per heavy atom. The molecule has 6 nitrogen and oxygen atoms in total. The molecule has 1 aromatic rings. The van der Waals surface area contributed by atoms with Gasteiger partial charge in [0.1, 0.15) is 5.75 Å². The highest BCUT2D eigenvalue weighted by Gasteiger charge is 2.06. The molecule has 0 bridgehead atoms. The quantitative estimate of drug-likeness (QED) is 0.733. The number of rotatable bonds is 3. The third-order valence-electron chi connectivity index (χ3n) is 3.09. The number of carboxylic acid groups (broad SMARTS) is 1. The first-order chi connectivity index (χ1) is 10.5. The van der Waals surface area contributed by atoms with Crippen molar-refractivity contribution in [1.82, 2.24) is 0 Å². The van der Waals surface area contributed by atoms with E-state index in [0.29, 0.717) is 17.4 Å². The van der Waals surface area contributed by atoms with E-state index in [-0.39, 0.29) is 6.54 Å². The number of benzene rings is 1. The second kappa shape index (κ2) is 12.8. The molecule has 2 rings (SSSR count). The van der Waals surface area contributed by atoms with E-state index in [1.165, 1.54) is 32.1 Å². The molecular weight excluding hydrogens is 284 g/mol. The first-order valence-corrected chi connectivity index (χ1v) is 7.30. The van der Waals surface area contributed by atoms with Crippen LogP contribution < -0.4 is 16.2 Å². The van der Waals surface area contributed by atoms with Crippen molar-refractivity contribution in [1.29, 1.82) is 0 Å². The molecule has 0 aliphatic heterocycles. The van der Waals surface area contributed by atoms with E-state index in [1.807, 2.05) is 6.07 Å². The van der Waals surface area contributed by atoms with Crippen molar-refractivity contribution >= 4 is 12.3 Å². The number of nitrogens with two attached hydrogens (primary N) is 2. The molecule has 5 N–H and O–H groups in total. The van der Waals surface area contributed by atoms with E-state index >= 15 is 0 Å². The lowest BCUT2D eigenvalue weighted by Crippen LogP contribution is -2.22. The third-order valence-corrected chi connectivity index (χ3v) is 3.09. The van der Waals surface area contributed by atoms with Crippen LogP contribution in [0.1, 0.15) is 42.5 Å². The van der Waals surface area contributed by atoms with Crippen LogP contribution in [0.5, 0.6) is 5.75 Å². The number of carbonyl (C=O) groups excluding carboxylic acids is 1. The molecule has 0 radical (unpaired) electrons. The molecule has 0 atom stereocenters. The molecule has 1 aliphatic carbocycles. The molecule has 1 saturated carbocycles. The van der Waals surface area contributed by atoms with Crippen molar-refractivity contribution < 1.29 is 19.4 Å². The predicted molar refractivity (Wildman–Crippen MR) is 86.1 cm³/mol. The Bertz CT molecular complexity index is 432. The maximum absolute atomic E-state index is 10.3. The summed E-state index contributed by atoms with van der Waals surface area (Å²) >= 11 is 0. The average molecular weight is 310 g/mol. The van der Waals surface area contributed by atoms with Crippen LogP contribution in [0.2, 0.25) is 0 Å². The number of aliphatic carboxylic acids is 1. The van der Waals surface area contributed by atoms with Gasteiger partial charge in [0.2, 0.25) is 0 Å². The summed E-state index contributed by atoms with van der Waals surface area (Å²) in [5.74, 6) is -0.345. The molecule has 0 unspecified atom stereocenters. The molecule has 0 amide bonds. The normalized spacial score (nSPS) is 13.8. The Morgan fingerprint density at radius 3 is 2.18 bits per heavy atom. The summed E-state index contributed by atoms with van der Waals surface area (Å²) in [6.07, 6.45) is 7.44. The Hall–Kier alpha value is -1.92. The minimum absolute atomic E-state index is 0.278. The van der Waals surface area contributed by atoms with Gasteiger partial charge in [0.15, 0.2) is 6.29 Å². The summed E-state index contributed by atoms with van der Waals surface area (Å²) in [5, 5.41) is 7.60. The maximum atomic E-state index is 10.3. The number of carboxylic acids is 1. The number of aldehydes is 1. The van der Waals surface area contributed by atoms with Gasteiger partial charge in [0.05, 0.1) is 19.2 Å². The number of para-hydroxylation sites is 1. The van der Waals surface area contributed by atoms with Crippen LogP contribution in [-0.4, -0.2) is 37.1 Å². The van der Waals surface area contributed by atoms with Crippen LogP contribution in [0.15, 0.2) is 24.3 Å². The lowest BCUT2D eigenvalue weighted by molar-refractivity contribution is -0.135. The molecular formula is C16H26N2O4. The Morgan fingerprint density at radius 1 is 1.32 bits per heavy atom. The zero-order valence-electron chi connectivity index (χ0n) is 13.0. The van der Waals surface area contributed by atoms with Crippen LogP contribution in [0.25, 0.3) is 0 Å². The first-order valence-electron chi connectivity index (χ1n) is 7.30. The van der Waals surface area contributed by atoms with E-state index in [9.17, 15) is 9.59 Å². The van der Waals surface area contributed by atoms with Gasteiger partial charge in [-0.15, -0.1) is 0 Å². The van der Waals surface area contributed by atoms with Gasteiger partial charge in [-0.1, -0.05) is 31.4 Å². The van der Waals surface area contributed by atoms with Crippen LogP contribution >= 0.6 is 0 Å². The highest BCUT2D eigenvalue weighted by Crippen LogP contribution is 2.15. The van der Waals surface area contributed by atoms with Gasteiger partial charge < -0.3 is 21.3 Å². The number of hydrogen-bond acceptors (Lipinski definition) is 5. The predicted octanol–water partition coefficient (Wildman–Crippen LogP) is 1.82. The first kappa shape index (κ1) is 20.1. The summed E-state index contributed by atoms with van der Waals surface area (Å²) in [7, 11) is 1.54. The molecule has 1 aliphatic rings. The highest BCUT2D eigenvalue weighted by molar-refractivity contribution is 5.79. The smallest absolute Gasteiger partial charge is 0.317 e. The Labute approximate surface area is 131 Å². The van der Waals surface area contributed by atoms with Crippen molar-refractivity contribution in [3.05, 3.63) is 29.8 Å². The van der Waals surface area contributed by atoms with Crippen LogP contribution in [0, 0.1) is 0 Å². The minimum atomic E-state index is -0.968. The molecule has 0 saturated heterocycles. The van der Waals surface area contributed by atoms with Crippen molar-refractivity contribution in [3.8, 4) is 5.75 Å². The molecule has 1 fully saturated rings. The summed E-state index contributed by atoms with van der Waals surface area (Å²) in [6, 6.07) is 7.63. The summed E-state index contributed by atoms with van der Waals surface area (Å²) in [6.45, 7) is -0.278. The molecule has 0 heterocycles. The average Bonchev–Trinajstić information content (AvgIpc) is 2.56. The zero-order valence-corrected chi connectivity index (χ0v) is 13.0. The lowest BCUT2D eigenvalue weighted by Gasteiger charge is -2.15. The number of carbonyl (C=O) groups is 2. The lowest BCUT2D eigenvalue weighted by atomic mass is 9.97. The number of ether oxygens (including phenoxy) is 1. The second-order valence-corrected chi connectivity index (χ2v) is 4.86. The fourth-order valence-electron chi connectivity index (χ4n) is 1.90. The van der Waals surface area contributed by atoms with E-state index in [1.54, 1.807) is 25.3 Å². The van der Waals surface area contributed by atoms with Crippen molar-refractivity contribution in [2.24, 2.45) is 11.5 Å². The summed E-state index contributed by atoms with van der Waals surface area (Å²) < 4.78 is 4.90. The van der Waals surface area contributed by atoms with Crippen LogP contribution in [-0.2, 0) is 4.79 Å². The van der Waals surface area contributed by atoms with E-state index < -0.39 is 5.97 Å². The zero-order chi connectivity index (χ0) is 16.8. The standard InChI is InChI=1S/C8H8O2.C6H13N.C2H5NO2/c1-10-8-5-3-2-4-7(8)6-9;7-6-4-2-1-3-5-6;3-1-2(4)5/h2-6H,1H3;6H,1-5,7H2;1,3H2,(H,4,5). The van der Waals surface area contributed by atoms with Gasteiger partial charge in [0.25, 0.3) is 0 Å². The number of methoxy groups -OCH3 is 1. The topological polar surface area (TPSA) is 116 Å². The molecule has 22 heavy (non-hydrogen) atoms. The highest BCUT2D eigenvalue weighted by atomic mass is 16.5. The van der Waals surface area contributed by atoms with Crippen molar-refractivity contribution in [2.45, 2.75) is 38.1 Å². The third kappa shape index (κ3) is 9.90. The monoisotopic (exact) mass is 310 g/mol. The SMILES string of the molecule is COc1ccccc1C=O.NC1CCCCC1.NCC(=O)O. The van der Waals surface area contributed by atoms with Crippen molar-refractivity contribution in [3.63, 3.8) is 0 Å². The molecule has 6 heteroatoms. The fraction of sp³-hybridized carbons (Fsp3) is 0.500. The van der Waals surface area contributed by atoms with Gasteiger partial charge in [-0.25, -0.2) is 0 Å². The van der Waals surface area contributed by atoms with Gasteiger partial charge in [-0.2, -0.15) is 0 Å². The van der Waals surface area contributed by atoms with E-state index in [0.717, 1.165) is 6.29 Å². The number of hydrogen-bond donors (Lipinski definition) is 3. The van der Waals surface area contributed by atoms with Gasteiger partial charge in [0, 0.05) is 6.04 Å². The minimum Gasteiger partial charge on any atom is -0.496 e. The second-order valence-electron chi connectivity index (χ2n) is 4.86. The molecule has 0 aromatic heterocycles. The van der Waals surface area contributed by atoms with Gasteiger partial charge >= 0.3 is 5.97 Å². The van der Waals surface area contributed by atoms with E-state index in [2.05, 4.69) is 5.73 Å².